The summed E-state index contributed by atoms with van der Waals surface area (Å²) in [6.45, 7) is 10.6. The molecule has 1 fully saturated rings. The van der Waals surface area contributed by atoms with Gasteiger partial charge in [-0.1, -0.05) is 12.1 Å². The van der Waals surface area contributed by atoms with Gasteiger partial charge in [0.15, 0.2) is 9.84 Å². The van der Waals surface area contributed by atoms with Crippen molar-refractivity contribution in [2.45, 2.75) is 62.9 Å². The molecule has 1 aliphatic rings. The lowest BCUT2D eigenvalue weighted by Gasteiger charge is -2.32. The van der Waals surface area contributed by atoms with Crippen LogP contribution in [0.1, 0.15) is 42.9 Å². The third kappa shape index (κ3) is 2.89. The van der Waals surface area contributed by atoms with Crippen LogP contribution in [0.3, 0.4) is 0 Å². The Balaban J connectivity index is 2.29. The maximum Gasteiger partial charge on any atom is 0.494 e. The molecule has 6 heteroatoms. The first-order valence-electron chi connectivity index (χ1n) is 7.48. The SMILES string of the molecule is [2H]C(C)(C)S(=O)(=O)c1ccc(B2OC(C)(C)C(C)(C)O2)cc1. The van der Waals surface area contributed by atoms with Gasteiger partial charge in [0.1, 0.15) is 0 Å². The second kappa shape index (κ2) is 5.11. The molecule has 0 amide bonds. The lowest BCUT2D eigenvalue weighted by Crippen LogP contribution is -2.41. The highest BCUT2D eigenvalue weighted by atomic mass is 32.2. The molecule has 4 nitrogen and oxygen atoms in total. The molecule has 0 bridgehead atoms. The third-order valence-electron chi connectivity index (χ3n) is 4.25. The van der Waals surface area contributed by atoms with E-state index in [2.05, 4.69) is 0 Å². The highest BCUT2D eigenvalue weighted by Crippen LogP contribution is 2.36. The fourth-order valence-corrected chi connectivity index (χ4v) is 2.98. The zero-order chi connectivity index (χ0) is 17.0. The number of hydrogen-bond donors (Lipinski definition) is 0. The van der Waals surface area contributed by atoms with E-state index in [0.717, 1.165) is 5.46 Å². The van der Waals surface area contributed by atoms with E-state index in [4.69, 9.17) is 10.7 Å². The van der Waals surface area contributed by atoms with Crippen LogP contribution >= 0.6 is 0 Å². The molecular formula is C15H23BO4S. The van der Waals surface area contributed by atoms with Gasteiger partial charge in [0, 0.05) is 1.37 Å². The van der Waals surface area contributed by atoms with Crippen LogP contribution in [0.4, 0.5) is 0 Å². The second-order valence-corrected chi connectivity index (χ2v) is 8.86. The van der Waals surface area contributed by atoms with Crippen molar-refractivity contribution in [1.82, 2.24) is 0 Å². The summed E-state index contributed by atoms with van der Waals surface area (Å²) in [7, 11) is -4.20. The summed E-state index contributed by atoms with van der Waals surface area (Å²) in [6, 6.07) is 6.37. The van der Waals surface area contributed by atoms with Crippen LogP contribution in [-0.4, -0.2) is 32.0 Å². The number of sulfone groups is 1. The van der Waals surface area contributed by atoms with E-state index in [1.807, 2.05) is 27.7 Å². The minimum atomic E-state index is -3.68. The Hall–Kier alpha value is -0.845. The molecule has 2 rings (SSSR count). The fourth-order valence-electron chi connectivity index (χ4n) is 2.02. The Morgan fingerprint density at radius 2 is 1.48 bits per heavy atom. The number of hydrogen-bond acceptors (Lipinski definition) is 4. The van der Waals surface area contributed by atoms with Crippen LogP contribution in [0.2, 0.25) is 0 Å². The van der Waals surface area contributed by atoms with Crippen LogP contribution in [0.25, 0.3) is 0 Å². The Bertz CT molecular complexity index is 644. The van der Waals surface area contributed by atoms with E-state index >= 15 is 0 Å². The molecule has 0 spiro atoms. The predicted molar refractivity (Wildman–Crippen MR) is 84.5 cm³/mol. The summed E-state index contributed by atoms with van der Waals surface area (Å²) in [5.41, 5.74) is -0.114. The van der Waals surface area contributed by atoms with Crippen molar-refractivity contribution in [2.75, 3.05) is 0 Å². The van der Waals surface area contributed by atoms with Gasteiger partial charge in [0.25, 0.3) is 0 Å². The number of rotatable bonds is 3. The standard InChI is InChI=1S/C15H23BO4S/c1-11(2)21(17,18)13-9-7-12(8-10-13)16-19-14(3,4)15(5,6)20-16/h7-11H,1-6H3/i11D. The Kier molecular flexibility index (Phi) is 3.67. The van der Waals surface area contributed by atoms with E-state index in [9.17, 15) is 8.42 Å². The van der Waals surface area contributed by atoms with Gasteiger partial charge in [0.05, 0.1) is 21.3 Å². The molecule has 0 radical (unpaired) electrons. The molecule has 0 saturated carbocycles. The summed E-state index contributed by atoms with van der Waals surface area (Å²) in [5, 5.41) is -1.57. The first kappa shape index (κ1) is 15.1. The van der Waals surface area contributed by atoms with Crippen molar-refractivity contribution in [3.8, 4) is 0 Å². The zero-order valence-electron chi connectivity index (χ0n) is 14.4. The van der Waals surface area contributed by atoms with E-state index in [1.54, 1.807) is 12.1 Å². The summed E-state index contributed by atoms with van der Waals surface area (Å²) in [6.07, 6.45) is 0. The predicted octanol–water partition coefficient (Wildman–Crippen LogP) is 2.17. The monoisotopic (exact) mass is 311 g/mol. The van der Waals surface area contributed by atoms with Crippen molar-refractivity contribution in [3.05, 3.63) is 24.3 Å². The Morgan fingerprint density at radius 3 is 1.86 bits per heavy atom. The van der Waals surface area contributed by atoms with Crippen LogP contribution < -0.4 is 5.46 Å². The highest BCUT2D eigenvalue weighted by Gasteiger charge is 2.51. The van der Waals surface area contributed by atoms with Gasteiger partial charge in [-0.25, -0.2) is 8.42 Å². The lowest BCUT2D eigenvalue weighted by atomic mass is 9.79. The molecule has 0 atom stereocenters. The Labute approximate surface area is 129 Å². The maximum absolute atomic E-state index is 12.2. The molecule has 1 aromatic carbocycles. The van der Waals surface area contributed by atoms with Gasteiger partial charge in [-0.15, -0.1) is 0 Å². The average molecular weight is 311 g/mol. The zero-order valence-corrected chi connectivity index (χ0v) is 14.2. The van der Waals surface area contributed by atoms with Crippen molar-refractivity contribution in [1.29, 1.82) is 0 Å². The summed E-state index contributed by atoms with van der Waals surface area (Å²) < 4.78 is 44.1. The van der Waals surface area contributed by atoms with Crippen molar-refractivity contribution < 1.29 is 19.1 Å². The quantitative estimate of drug-likeness (QED) is 0.803. The topological polar surface area (TPSA) is 52.6 Å². The van der Waals surface area contributed by atoms with Crippen LogP contribution in [0, 0.1) is 0 Å². The summed E-state index contributed by atoms with van der Waals surface area (Å²) in [4.78, 5) is 0.132. The third-order valence-corrected chi connectivity index (χ3v) is 6.22. The minimum Gasteiger partial charge on any atom is -0.399 e. The highest BCUT2D eigenvalue weighted by molar-refractivity contribution is 7.92. The lowest BCUT2D eigenvalue weighted by molar-refractivity contribution is 0.00578. The molecular weight excluding hydrogens is 287 g/mol. The normalized spacial score (nSPS) is 22.2. The van der Waals surface area contributed by atoms with Crippen LogP contribution in [0.15, 0.2) is 29.2 Å². The second-order valence-electron chi connectivity index (χ2n) is 6.57. The smallest absolute Gasteiger partial charge is 0.399 e. The summed E-state index contributed by atoms with van der Waals surface area (Å²) in [5.74, 6) is 0. The van der Waals surface area contributed by atoms with Gasteiger partial charge in [-0.2, -0.15) is 0 Å². The van der Waals surface area contributed by atoms with Crippen LogP contribution in [-0.2, 0) is 19.1 Å². The van der Waals surface area contributed by atoms with Crippen molar-refractivity contribution in [3.63, 3.8) is 0 Å². The molecule has 0 N–H and O–H groups in total. The van der Waals surface area contributed by atoms with Gasteiger partial charge >= 0.3 is 7.12 Å². The van der Waals surface area contributed by atoms with Gasteiger partial charge < -0.3 is 9.31 Å². The largest absolute Gasteiger partial charge is 0.494 e. The fraction of sp³-hybridized carbons (Fsp3) is 0.600. The summed E-state index contributed by atoms with van der Waals surface area (Å²) >= 11 is 0. The molecule has 1 aliphatic heterocycles. The van der Waals surface area contributed by atoms with E-state index in [0.29, 0.717) is 0 Å². The molecule has 116 valence electrons. The molecule has 0 aliphatic carbocycles. The maximum atomic E-state index is 12.2. The minimum absolute atomic E-state index is 0.132. The van der Waals surface area contributed by atoms with Crippen molar-refractivity contribution in [2.24, 2.45) is 0 Å². The Morgan fingerprint density at radius 1 is 1.05 bits per heavy atom. The van der Waals surface area contributed by atoms with Gasteiger partial charge in [-0.3, -0.25) is 0 Å². The number of benzene rings is 1. The molecule has 1 aromatic rings. The van der Waals surface area contributed by atoms with E-state index in [1.165, 1.54) is 26.0 Å². The molecule has 0 unspecified atom stereocenters. The van der Waals surface area contributed by atoms with Crippen LogP contribution in [0.5, 0.6) is 0 Å². The first-order chi connectivity index (χ1) is 9.78. The molecule has 1 saturated heterocycles. The van der Waals surface area contributed by atoms with Gasteiger partial charge in [0.2, 0.25) is 0 Å². The van der Waals surface area contributed by atoms with E-state index < -0.39 is 33.4 Å². The molecule has 1 heterocycles. The molecule has 0 aromatic heterocycles. The average Bonchev–Trinajstić information content (AvgIpc) is 2.57. The first-order valence-corrected chi connectivity index (χ1v) is 8.46. The molecule has 21 heavy (non-hydrogen) atoms. The van der Waals surface area contributed by atoms with Gasteiger partial charge in [-0.05, 0) is 59.1 Å². The van der Waals surface area contributed by atoms with E-state index in [-0.39, 0.29) is 4.90 Å². The van der Waals surface area contributed by atoms with Crippen molar-refractivity contribution >= 4 is 22.4 Å².